The summed E-state index contributed by atoms with van der Waals surface area (Å²) < 4.78 is 15.6. The fourth-order valence-electron chi connectivity index (χ4n) is 3.01. The number of nitrogens with zero attached hydrogens (tertiary/aromatic N) is 3. The minimum absolute atomic E-state index is 0.246. The van der Waals surface area contributed by atoms with Crippen molar-refractivity contribution < 1.29 is 4.39 Å². The number of halogens is 1. The maximum atomic E-state index is 13.9. The van der Waals surface area contributed by atoms with Crippen molar-refractivity contribution in [1.82, 2.24) is 20.1 Å². The number of anilines is 2. The lowest BCUT2D eigenvalue weighted by Gasteiger charge is -2.11. The molecule has 0 bridgehead atoms. The predicted molar refractivity (Wildman–Crippen MR) is 91.3 cm³/mol. The minimum Gasteiger partial charge on any atom is -0.323 e. The van der Waals surface area contributed by atoms with Crippen LogP contribution in [0.25, 0.3) is 5.69 Å². The summed E-state index contributed by atoms with van der Waals surface area (Å²) in [5.74, 6) is 0.556. The molecule has 0 aliphatic carbocycles. The van der Waals surface area contributed by atoms with Crippen molar-refractivity contribution in [1.29, 1.82) is 0 Å². The average molecular weight is 323 g/mol. The van der Waals surface area contributed by atoms with Crippen LogP contribution >= 0.6 is 0 Å². The molecular weight excluding hydrogens is 305 g/mol. The van der Waals surface area contributed by atoms with Gasteiger partial charge in [-0.1, -0.05) is 18.2 Å². The van der Waals surface area contributed by atoms with Gasteiger partial charge in [0.25, 0.3) is 0 Å². The lowest BCUT2D eigenvalue weighted by atomic mass is 9.98. The average Bonchev–Trinajstić information content (AvgIpc) is 3.27. The second-order valence-corrected chi connectivity index (χ2v) is 5.94. The van der Waals surface area contributed by atoms with Gasteiger partial charge in [-0.25, -0.2) is 9.07 Å². The first-order chi connectivity index (χ1) is 11.8. The molecule has 2 heterocycles. The summed E-state index contributed by atoms with van der Waals surface area (Å²) >= 11 is 0. The van der Waals surface area contributed by atoms with Gasteiger partial charge in [0.2, 0.25) is 5.95 Å². The highest BCUT2D eigenvalue weighted by atomic mass is 19.1. The van der Waals surface area contributed by atoms with Crippen molar-refractivity contribution in [3.8, 4) is 5.69 Å². The van der Waals surface area contributed by atoms with Crippen molar-refractivity contribution in [2.75, 3.05) is 18.4 Å². The SMILES string of the molecule is Fc1cc(Nc2ncn(-c3ccccc3)n2)cc(C2CCNC2)c1. The predicted octanol–water partition coefficient (Wildman–Crippen LogP) is 3.23. The molecule has 0 radical (unpaired) electrons. The molecule has 5 nitrogen and oxygen atoms in total. The molecule has 1 fully saturated rings. The van der Waals surface area contributed by atoms with Gasteiger partial charge in [0.05, 0.1) is 5.69 Å². The molecule has 4 rings (SSSR count). The van der Waals surface area contributed by atoms with E-state index >= 15 is 0 Å². The van der Waals surface area contributed by atoms with Crippen LogP contribution in [0.15, 0.2) is 54.9 Å². The molecule has 3 aromatic rings. The standard InChI is InChI=1S/C18H18FN5/c19-15-8-14(13-6-7-20-11-13)9-16(10-15)22-18-21-12-24(23-18)17-4-2-1-3-5-17/h1-5,8-10,12-13,20H,6-7,11H2,(H,22,23). The molecule has 2 N–H and O–H groups in total. The van der Waals surface area contributed by atoms with Crippen molar-refractivity contribution in [2.24, 2.45) is 0 Å². The highest BCUT2D eigenvalue weighted by Gasteiger charge is 2.18. The van der Waals surface area contributed by atoms with Crippen LogP contribution in [0, 0.1) is 5.82 Å². The Balaban J connectivity index is 1.56. The Labute approximate surface area is 139 Å². The lowest BCUT2D eigenvalue weighted by Crippen LogP contribution is -2.08. The van der Waals surface area contributed by atoms with Crippen molar-refractivity contribution >= 4 is 11.6 Å². The van der Waals surface area contributed by atoms with Gasteiger partial charge in [0, 0.05) is 12.2 Å². The molecule has 1 atom stereocenters. The summed E-state index contributed by atoms with van der Waals surface area (Å²) in [7, 11) is 0. The first kappa shape index (κ1) is 14.8. The van der Waals surface area contributed by atoms with Crippen LogP contribution in [0.1, 0.15) is 17.9 Å². The van der Waals surface area contributed by atoms with Gasteiger partial charge >= 0.3 is 0 Å². The third kappa shape index (κ3) is 3.14. The monoisotopic (exact) mass is 323 g/mol. The fourth-order valence-corrected chi connectivity index (χ4v) is 3.01. The summed E-state index contributed by atoms with van der Waals surface area (Å²) in [5.41, 5.74) is 2.60. The highest BCUT2D eigenvalue weighted by molar-refractivity contribution is 5.55. The summed E-state index contributed by atoms with van der Waals surface area (Å²) in [6.45, 7) is 1.87. The number of hydrogen-bond donors (Lipinski definition) is 2. The Bertz CT molecular complexity index is 824. The Morgan fingerprint density at radius 2 is 2.04 bits per heavy atom. The smallest absolute Gasteiger partial charge is 0.246 e. The van der Waals surface area contributed by atoms with Gasteiger partial charge in [-0.3, -0.25) is 0 Å². The molecule has 6 heteroatoms. The third-order valence-corrected chi connectivity index (χ3v) is 4.22. The molecule has 0 spiro atoms. The van der Waals surface area contributed by atoms with E-state index in [1.165, 1.54) is 6.07 Å². The zero-order valence-electron chi connectivity index (χ0n) is 13.1. The first-order valence-electron chi connectivity index (χ1n) is 8.03. The van der Waals surface area contributed by atoms with Gasteiger partial charge in [-0.15, -0.1) is 5.10 Å². The van der Waals surface area contributed by atoms with E-state index in [1.54, 1.807) is 17.1 Å². The van der Waals surface area contributed by atoms with Crippen LogP contribution in [0.2, 0.25) is 0 Å². The van der Waals surface area contributed by atoms with Crippen LogP contribution in [0.4, 0.5) is 16.0 Å². The summed E-state index contributed by atoms with van der Waals surface area (Å²) in [4.78, 5) is 4.25. The fraction of sp³-hybridized carbons (Fsp3) is 0.222. The van der Waals surface area contributed by atoms with E-state index in [9.17, 15) is 4.39 Å². The largest absolute Gasteiger partial charge is 0.323 e. The Morgan fingerprint density at radius 1 is 1.17 bits per heavy atom. The summed E-state index contributed by atoms with van der Waals surface area (Å²) in [5, 5.41) is 10.8. The molecule has 0 amide bonds. The second-order valence-electron chi connectivity index (χ2n) is 5.94. The van der Waals surface area contributed by atoms with Crippen LogP contribution < -0.4 is 10.6 Å². The van der Waals surface area contributed by atoms with Crippen LogP contribution in [0.3, 0.4) is 0 Å². The molecule has 0 saturated carbocycles. The number of benzene rings is 2. The van der Waals surface area contributed by atoms with E-state index in [4.69, 9.17) is 0 Å². The number of aromatic nitrogens is 3. The van der Waals surface area contributed by atoms with Crippen LogP contribution in [0.5, 0.6) is 0 Å². The number of para-hydroxylation sites is 1. The Kier molecular flexibility index (Phi) is 3.96. The van der Waals surface area contributed by atoms with Gasteiger partial charge in [-0.2, -0.15) is 4.98 Å². The van der Waals surface area contributed by atoms with E-state index in [-0.39, 0.29) is 5.82 Å². The number of hydrogen-bond acceptors (Lipinski definition) is 4. The van der Waals surface area contributed by atoms with E-state index in [1.807, 2.05) is 36.4 Å². The second kappa shape index (κ2) is 6.41. The molecule has 1 saturated heterocycles. The van der Waals surface area contributed by atoms with Crippen molar-refractivity contribution in [3.05, 3.63) is 66.2 Å². The Morgan fingerprint density at radius 3 is 2.83 bits per heavy atom. The summed E-state index contributed by atoms with van der Waals surface area (Å²) in [6.07, 6.45) is 2.67. The topological polar surface area (TPSA) is 54.8 Å². The molecule has 1 aliphatic heterocycles. The maximum Gasteiger partial charge on any atom is 0.246 e. The van der Waals surface area contributed by atoms with E-state index in [0.717, 1.165) is 30.8 Å². The van der Waals surface area contributed by atoms with Gasteiger partial charge < -0.3 is 10.6 Å². The van der Waals surface area contributed by atoms with Crippen molar-refractivity contribution in [3.63, 3.8) is 0 Å². The zero-order valence-corrected chi connectivity index (χ0v) is 13.1. The Hall–Kier alpha value is -2.73. The van der Waals surface area contributed by atoms with Crippen molar-refractivity contribution in [2.45, 2.75) is 12.3 Å². The molecular formula is C18H18FN5. The maximum absolute atomic E-state index is 13.9. The van der Waals surface area contributed by atoms with Crippen LogP contribution in [-0.2, 0) is 0 Å². The van der Waals surface area contributed by atoms with E-state index < -0.39 is 0 Å². The third-order valence-electron chi connectivity index (χ3n) is 4.22. The van der Waals surface area contributed by atoms with Gasteiger partial charge in [0.15, 0.2) is 0 Å². The normalized spacial score (nSPS) is 17.1. The van der Waals surface area contributed by atoms with E-state index in [2.05, 4.69) is 20.7 Å². The molecule has 1 aliphatic rings. The molecule has 2 aromatic carbocycles. The number of rotatable bonds is 4. The highest BCUT2D eigenvalue weighted by Crippen LogP contribution is 2.27. The van der Waals surface area contributed by atoms with Crippen LogP contribution in [-0.4, -0.2) is 27.9 Å². The number of nitrogens with one attached hydrogen (secondary N) is 2. The zero-order chi connectivity index (χ0) is 16.4. The molecule has 1 unspecified atom stereocenters. The molecule has 24 heavy (non-hydrogen) atoms. The summed E-state index contributed by atoms with van der Waals surface area (Å²) in [6, 6.07) is 14.8. The first-order valence-corrected chi connectivity index (χ1v) is 8.03. The van der Waals surface area contributed by atoms with E-state index in [0.29, 0.717) is 17.6 Å². The minimum atomic E-state index is -0.246. The quantitative estimate of drug-likeness (QED) is 0.774. The lowest BCUT2D eigenvalue weighted by molar-refractivity contribution is 0.621. The molecule has 122 valence electrons. The van der Waals surface area contributed by atoms with Gasteiger partial charge in [0.1, 0.15) is 12.1 Å². The van der Waals surface area contributed by atoms with Gasteiger partial charge in [-0.05, 0) is 54.8 Å². The molecule has 1 aromatic heterocycles.